The normalized spacial score (nSPS) is 12.5. The highest BCUT2D eigenvalue weighted by molar-refractivity contribution is 5.86. The first-order valence-corrected chi connectivity index (χ1v) is 6.89. The van der Waals surface area contributed by atoms with E-state index >= 15 is 0 Å². The average molecular weight is 263 g/mol. The van der Waals surface area contributed by atoms with Gasteiger partial charge in [-0.1, -0.05) is 49.4 Å². The lowest BCUT2D eigenvalue weighted by molar-refractivity contribution is 0.220. The molecule has 100 valence electrons. The summed E-state index contributed by atoms with van der Waals surface area (Å²) < 4.78 is 0. The topological polar surface area (TPSA) is 33.1 Å². The van der Waals surface area contributed by atoms with E-state index in [4.69, 9.17) is 0 Å². The third kappa shape index (κ3) is 2.19. The van der Waals surface area contributed by atoms with Crippen molar-refractivity contribution in [2.75, 3.05) is 0 Å². The summed E-state index contributed by atoms with van der Waals surface area (Å²) in [7, 11) is 0. The van der Waals surface area contributed by atoms with Gasteiger partial charge < -0.3 is 5.11 Å². The van der Waals surface area contributed by atoms with Crippen molar-refractivity contribution in [1.82, 2.24) is 4.98 Å². The summed E-state index contributed by atoms with van der Waals surface area (Å²) in [4.78, 5) is 4.14. The number of aliphatic hydroxyl groups is 1. The van der Waals surface area contributed by atoms with Gasteiger partial charge in [0.15, 0.2) is 0 Å². The van der Waals surface area contributed by atoms with Gasteiger partial charge in [-0.2, -0.15) is 0 Å². The number of aryl methyl sites for hydroxylation is 1. The van der Waals surface area contributed by atoms with Crippen molar-refractivity contribution in [3.63, 3.8) is 0 Å². The van der Waals surface area contributed by atoms with Crippen LogP contribution in [-0.4, -0.2) is 10.1 Å². The summed E-state index contributed by atoms with van der Waals surface area (Å²) in [6, 6.07) is 16.1. The van der Waals surface area contributed by atoms with E-state index in [0.717, 1.165) is 33.9 Å². The zero-order valence-corrected chi connectivity index (χ0v) is 11.5. The van der Waals surface area contributed by atoms with E-state index in [1.54, 1.807) is 6.20 Å². The van der Waals surface area contributed by atoms with Crippen molar-refractivity contribution >= 4 is 10.8 Å². The van der Waals surface area contributed by atoms with Gasteiger partial charge in [0.1, 0.15) is 6.10 Å². The molecular formula is C18H17NO. The highest BCUT2D eigenvalue weighted by atomic mass is 16.3. The molecule has 0 amide bonds. The van der Waals surface area contributed by atoms with E-state index in [1.165, 1.54) is 0 Å². The van der Waals surface area contributed by atoms with Crippen LogP contribution < -0.4 is 0 Å². The van der Waals surface area contributed by atoms with Gasteiger partial charge in [-0.3, -0.25) is 4.98 Å². The maximum absolute atomic E-state index is 10.8. The van der Waals surface area contributed by atoms with Crippen LogP contribution in [0.25, 0.3) is 10.8 Å². The molecule has 1 unspecified atom stereocenters. The fraction of sp³-hybridized carbons (Fsp3) is 0.167. The number of aliphatic hydroxyl groups excluding tert-OH is 1. The number of aromatic nitrogens is 1. The minimum absolute atomic E-state index is 0.612. The van der Waals surface area contributed by atoms with Gasteiger partial charge in [-0.25, -0.2) is 0 Å². The van der Waals surface area contributed by atoms with E-state index in [-0.39, 0.29) is 0 Å². The van der Waals surface area contributed by atoms with Crippen LogP contribution in [0.5, 0.6) is 0 Å². The molecule has 20 heavy (non-hydrogen) atoms. The Hall–Kier alpha value is -2.19. The molecule has 0 aliphatic rings. The molecule has 0 radical (unpaired) electrons. The molecule has 3 rings (SSSR count). The molecule has 2 aromatic carbocycles. The minimum Gasteiger partial charge on any atom is -0.384 e. The largest absolute Gasteiger partial charge is 0.384 e. The van der Waals surface area contributed by atoms with Crippen LogP contribution in [0.3, 0.4) is 0 Å². The molecule has 3 aromatic rings. The Morgan fingerprint density at radius 3 is 2.65 bits per heavy atom. The van der Waals surface area contributed by atoms with Crippen LogP contribution in [0.1, 0.15) is 29.7 Å². The third-order valence-electron chi connectivity index (χ3n) is 3.73. The molecule has 0 saturated heterocycles. The predicted octanol–water partition coefficient (Wildman–Crippen LogP) is 3.88. The van der Waals surface area contributed by atoms with Gasteiger partial charge in [-0.15, -0.1) is 0 Å². The van der Waals surface area contributed by atoms with Crippen LogP contribution in [0, 0.1) is 0 Å². The van der Waals surface area contributed by atoms with Gasteiger partial charge in [0.05, 0.1) is 0 Å². The molecular weight excluding hydrogens is 246 g/mol. The molecule has 2 heteroatoms. The number of benzene rings is 2. The van der Waals surface area contributed by atoms with E-state index in [0.29, 0.717) is 0 Å². The Balaban J connectivity index is 2.15. The Labute approximate surface area is 118 Å². The summed E-state index contributed by atoms with van der Waals surface area (Å²) in [5.41, 5.74) is 2.98. The molecule has 0 fully saturated rings. The van der Waals surface area contributed by atoms with Crippen LogP contribution in [0.4, 0.5) is 0 Å². The van der Waals surface area contributed by atoms with Crippen molar-refractivity contribution in [2.45, 2.75) is 19.4 Å². The van der Waals surface area contributed by atoms with Gasteiger partial charge in [0.2, 0.25) is 0 Å². The summed E-state index contributed by atoms with van der Waals surface area (Å²) in [6.45, 7) is 2.08. The molecule has 1 aromatic heterocycles. The van der Waals surface area contributed by atoms with Gasteiger partial charge >= 0.3 is 0 Å². The fourth-order valence-electron chi connectivity index (χ4n) is 2.66. The van der Waals surface area contributed by atoms with E-state index in [9.17, 15) is 5.11 Å². The summed E-state index contributed by atoms with van der Waals surface area (Å²) in [6.07, 6.45) is 3.83. The van der Waals surface area contributed by atoms with E-state index < -0.39 is 6.10 Å². The molecule has 1 heterocycles. The molecule has 0 spiro atoms. The zero-order chi connectivity index (χ0) is 13.9. The predicted molar refractivity (Wildman–Crippen MR) is 81.6 cm³/mol. The second-order valence-electron chi connectivity index (χ2n) is 4.90. The SMILES string of the molecule is CCc1cnccc1C(O)c1cccc2ccccc12. The van der Waals surface area contributed by atoms with Gasteiger partial charge in [0.25, 0.3) is 0 Å². The van der Waals surface area contributed by atoms with Crippen molar-refractivity contribution in [3.05, 3.63) is 77.6 Å². The Morgan fingerprint density at radius 1 is 1.00 bits per heavy atom. The number of rotatable bonds is 3. The Kier molecular flexibility index (Phi) is 3.48. The number of hydrogen-bond donors (Lipinski definition) is 1. The molecule has 2 nitrogen and oxygen atoms in total. The molecule has 0 bridgehead atoms. The molecule has 1 N–H and O–H groups in total. The van der Waals surface area contributed by atoms with Crippen LogP contribution >= 0.6 is 0 Å². The van der Waals surface area contributed by atoms with E-state index in [2.05, 4.69) is 30.1 Å². The van der Waals surface area contributed by atoms with E-state index in [1.807, 2.05) is 36.5 Å². The monoisotopic (exact) mass is 263 g/mol. The fourth-order valence-corrected chi connectivity index (χ4v) is 2.66. The van der Waals surface area contributed by atoms with Crippen LogP contribution in [-0.2, 0) is 6.42 Å². The first kappa shape index (κ1) is 12.8. The quantitative estimate of drug-likeness (QED) is 0.778. The summed E-state index contributed by atoms with van der Waals surface area (Å²) in [5.74, 6) is 0. The second kappa shape index (κ2) is 5.43. The number of pyridine rings is 1. The number of fused-ring (bicyclic) bond motifs is 1. The maximum Gasteiger partial charge on any atom is 0.105 e. The highest BCUT2D eigenvalue weighted by Crippen LogP contribution is 2.30. The first-order chi connectivity index (χ1) is 9.81. The lowest BCUT2D eigenvalue weighted by Crippen LogP contribution is -2.04. The van der Waals surface area contributed by atoms with Gasteiger partial charge in [0, 0.05) is 12.4 Å². The Morgan fingerprint density at radius 2 is 1.80 bits per heavy atom. The molecule has 1 atom stereocenters. The summed E-state index contributed by atoms with van der Waals surface area (Å²) in [5, 5.41) is 13.0. The second-order valence-corrected chi connectivity index (χ2v) is 4.90. The van der Waals surface area contributed by atoms with Crippen molar-refractivity contribution in [1.29, 1.82) is 0 Å². The Bertz CT molecular complexity index is 731. The lowest BCUT2D eigenvalue weighted by Gasteiger charge is -2.17. The highest BCUT2D eigenvalue weighted by Gasteiger charge is 2.15. The van der Waals surface area contributed by atoms with Gasteiger partial charge in [-0.05, 0) is 39.9 Å². The average Bonchev–Trinajstić information content (AvgIpc) is 2.53. The van der Waals surface area contributed by atoms with Crippen LogP contribution in [0.15, 0.2) is 60.9 Å². The minimum atomic E-state index is -0.612. The standard InChI is InChI=1S/C18H17NO/c1-2-13-12-19-11-10-16(13)18(20)17-9-5-7-14-6-3-4-8-15(14)17/h3-12,18,20H,2H2,1H3. The van der Waals surface area contributed by atoms with Crippen LogP contribution in [0.2, 0.25) is 0 Å². The number of hydrogen-bond acceptors (Lipinski definition) is 2. The molecule has 0 aliphatic carbocycles. The van der Waals surface area contributed by atoms with Crippen molar-refractivity contribution < 1.29 is 5.11 Å². The molecule has 0 saturated carbocycles. The number of nitrogens with zero attached hydrogens (tertiary/aromatic N) is 1. The van der Waals surface area contributed by atoms with Crippen molar-refractivity contribution in [3.8, 4) is 0 Å². The zero-order valence-electron chi connectivity index (χ0n) is 11.5. The maximum atomic E-state index is 10.8. The smallest absolute Gasteiger partial charge is 0.105 e. The summed E-state index contributed by atoms with van der Waals surface area (Å²) >= 11 is 0. The lowest BCUT2D eigenvalue weighted by atomic mass is 9.93. The van der Waals surface area contributed by atoms with Crippen molar-refractivity contribution in [2.24, 2.45) is 0 Å². The first-order valence-electron chi connectivity index (χ1n) is 6.89. The third-order valence-corrected chi connectivity index (χ3v) is 3.73. The molecule has 0 aliphatic heterocycles.